The molecular weight excluding hydrogens is 226 g/mol. The minimum absolute atomic E-state index is 0.347. The van der Waals surface area contributed by atoms with Crippen LogP contribution in [0.2, 0.25) is 0 Å². The molecule has 4 heteroatoms. The molecule has 3 heterocycles. The molecule has 1 aromatic rings. The van der Waals surface area contributed by atoms with Gasteiger partial charge in [0.2, 0.25) is 0 Å². The minimum atomic E-state index is 0.347. The third kappa shape index (κ3) is 2.49. The molecule has 0 spiro atoms. The van der Waals surface area contributed by atoms with Gasteiger partial charge in [0.1, 0.15) is 11.9 Å². The third-order valence-corrected chi connectivity index (χ3v) is 3.85. The van der Waals surface area contributed by atoms with Gasteiger partial charge in [-0.2, -0.15) is 0 Å². The standard InChI is InChI=1S/C14H21N3O/c1-17-9-12(10-17)18-13-3-2-6-16-14(13)11-4-7-15-8-5-11/h2-3,6,11-12,15H,4-5,7-10H2,1H3. The zero-order valence-electron chi connectivity index (χ0n) is 10.9. The summed E-state index contributed by atoms with van der Waals surface area (Å²) in [5.74, 6) is 1.56. The number of pyridine rings is 1. The summed E-state index contributed by atoms with van der Waals surface area (Å²) in [7, 11) is 2.12. The molecule has 2 fully saturated rings. The van der Waals surface area contributed by atoms with E-state index in [1.165, 1.54) is 0 Å². The molecule has 4 nitrogen and oxygen atoms in total. The Hall–Kier alpha value is -1.13. The summed E-state index contributed by atoms with van der Waals surface area (Å²) in [6.45, 7) is 4.24. The Balaban J connectivity index is 1.72. The van der Waals surface area contributed by atoms with Gasteiger partial charge in [-0.05, 0) is 45.1 Å². The van der Waals surface area contributed by atoms with E-state index in [4.69, 9.17) is 4.74 Å². The fourth-order valence-electron chi connectivity index (χ4n) is 2.80. The zero-order chi connectivity index (χ0) is 12.4. The van der Waals surface area contributed by atoms with Crippen LogP contribution >= 0.6 is 0 Å². The van der Waals surface area contributed by atoms with Crippen LogP contribution in [-0.2, 0) is 0 Å². The Morgan fingerprint density at radius 2 is 2.11 bits per heavy atom. The fourth-order valence-corrected chi connectivity index (χ4v) is 2.80. The van der Waals surface area contributed by atoms with Gasteiger partial charge in [0, 0.05) is 25.2 Å². The highest BCUT2D eigenvalue weighted by molar-refractivity contribution is 5.31. The van der Waals surface area contributed by atoms with Gasteiger partial charge in [-0.25, -0.2) is 0 Å². The molecule has 2 aliphatic heterocycles. The molecule has 0 bridgehead atoms. The Kier molecular flexibility index (Phi) is 3.48. The monoisotopic (exact) mass is 247 g/mol. The first-order valence-electron chi connectivity index (χ1n) is 6.84. The number of hydrogen-bond donors (Lipinski definition) is 1. The van der Waals surface area contributed by atoms with Gasteiger partial charge < -0.3 is 10.1 Å². The summed E-state index contributed by atoms with van der Waals surface area (Å²) in [6.07, 6.45) is 4.56. The number of aromatic nitrogens is 1. The van der Waals surface area contributed by atoms with Crippen molar-refractivity contribution in [3.8, 4) is 5.75 Å². The second-order valence-electron chi connectivity index (χ2n) is 5.37. The van der Waals surface area contributed by atoms with Gasteiger partial charge in [-0.3, -0.25) is 9.88 Å². The molecule has 1 N–H and O–H groups in total. The predicted octanol–water partition coefficient (Wildman–Crippen LogP) is 1.24. The smallest absolute Gasteiger partial charge is 0.141 e. The molecule has 2 saturated heterocycles. The average Bonchev–Trinajstić information content (AvgIpc) is 2.39. The Labute approximate surface area is 108 Å². The van der Waals surface area contributed by atoms with Gasteiger partial charge >= 0.3 is 0 Å². The van der Waals surface area contributed by atoms with Crippen LogP contribution < -0.4 is 10.1 Å². The van der Waals surface area contributed by atoms with E-state index in [2.05, 4.69) is 28.3 Å². The number of hydrogen-bond acceptors (Lipinski definition) is 4. The average molecular weight is 247 g/mol. The van der Waals surface area contributed by atoms with Gasteiger partial charge in [0.15, 0.2) is 0 Å². The summed E-state index contributed by atoms with van der Waals surface area (Å²) in [4.78, 5) is 6.84. The van der Waals surface area contributed by atoms with Crippen LogP contribution in [-0.4, -0.2) is 49.2 Å². The maximum atomic E-state index is 6.08. The molecule has 18 heavy (non-hydrogen) atoms. The lowest BCUT2D eigenvalue weighted by atomic mass is 9.93. The first-order valence-corrected chi connectivity index (χ1v) is 6.84. The van der Waals surface area contributed by atoms with Crippen molar-refractivity contribution in [1.82, 2.24) is 15.2 Å². The highest BCUT2D eigenvalue weighted by atomic mass is 16.5. The van der Waals surface area contributed by atoms with Crippen molar-refractivity contribution >= 4 is 0 Å². The summed E-state index contributed by atoms with van der Waals surface area (Å²) in [5.41, 5.74) is 1.16. The zero-order valence-corrected chi connectivity index (χ0v) is 10.9. The van der Waals surface area contributed by atoms with Crippen LogP contribution in [0, 0.1) is 0 Å². The Morgan fingerprint density at radius 3 is 2.83 bits per heavy atom. The van der Waals surface area contributed by atoms with Crippen molar-refractivity contribution in [3.63, 3.8) is 0 Å². The minimum Gasteiger partial charge on any atom is -0.486 e. The lowest BCUT2D eigenvalue weighted by Gasteiger charge is -2.36. The largest absolute Gasteiger partial charge is 0.486 e. The van der Waals surface area contributed by atoms with E-state index in [0.717, 1.165) is 50.5 Å². The van der Waals surface area contributed by atoms with E-state index < -0.39 is 0 Å². The molecule has 0 atom stereocenters. The maximum absolute atomic E-state index is 6.08. The van der Waals surface area contributed by atoms with E-state index in [0.29, 0.717) is 12.0 Å². The summed E-state index contributed by atoms with van der Waals surface area (Å²) >= 11 is 0. The van der Waals surface area contributed by atoms with E-state index in [9.17, 15) is 0 Å². The number of piperidine rings is 1. The number of likely N-dealkylation sites (tertiary alicyclic amines) is 1. The van der Waals surface area contributed by atoms with Crippen molar-refractivity contribution < 1.29 is 4.74 Å². The van der Waals surface area contributed by atoms with E-state index in [-0.39, 0.29) is 0 Å². The van der Waals surface area contributed by atoms with Gasteiger partial charge in [0.25, 0.3) is 0 Å². The summed E-state index contributed by atoms with van der Waals surface area (Å²) in [5, 5.41) is 3.40. The number of rotatable bonds is 3. The van der Waals surface area contributed by atoms with Gasteiger partial charge in [0.05, 0.1) is 5.69 Å². The number of nitrogens with one attached hydrogen (secondary N) is 1. The molecule has 0 amide bonds. The molecule has 0 radical (unpaired) electrons. The summed E-state index contributed by atoms with van der Waals surface area (Å²) in [6, 6.07) is 4.05. The van der Waals surface area contributed by atoms with Gasteiger partial charge in [-0.1, -0.05) is 0 Å². The van der Waals surface area contributed by atoms with Crippen molar-refractivity contribution in [2.75, 3.05) is 33.2 Å². The third-order valence-electron chi connectivity index (χ3n) is 3.85. The van der Waals surface area contributed by atoms with Crippen molar-refractivity contribution in [2.45, 2.75) is 24.9 Å². The maximum Gasteiger partial charge on any atom is 0.141 e. The molecule has 2 aliphatic rings. The first-order chi connectivity index (χ1) is 8.83. The second-order valence-corrected chi connectivity index (χ2v) is 5.37. The first kappa shape index (κ1) is 11.9. The Bertz CT molecular complexity index is 398. The van der Waals surface area contributed by atoms with E-state index in [1.807, 2.05) is 12.3 Å². The van der Waals surface area contributed by atoms with E-state index >= 15 is 0 Å². The topological polar surface area (TPSA) is 37.4 Å². The molecule has 3 rings (SSSR count). The molecule has 0 saturated carbocycles. The lowest BCUT2D eigenvalue weighted by molar-refractivity contribution is 0.0374. The van der Waals surface area contributed by atoms with Crippen LogP contribution in [0.1, 0.15) is 24.5 Å². The molecule has 0 aliphatic carbocycles. The van der Waals surface area contributed by atoms with E-state index in [1.54, 1.807) is 0 Å². The SMILES string of the molecule is CN1CC(Oc2cccnc2C2CCNCC2)C1. The number of likely N-dealkylation sites (N-methyl/N-ethyl adjacent to an activating group) is 1. The molecule has 98 valence electrons. The van der Waals surface area contributed by atoms with Crippen molar-refractivity contribution in [3.05, 3.63) is 24.0 Å². The van der Waals surface area contributed by atoms with Crippen LogP contribution in [0.5, 0.6) is 5.75 Å². The molecular formula is C14H21N3O. The predicted molar refractivity (Wildman–Crippen MR) is 71.0 cm³/mol. The molecule has 0 unspecified atom stereocenters. The van der Waals surface area contributed by atoms with Crippen LogP contribution in [0.15, 0.2) is 18.3 Å². The van der Waals surface area contributed by atoms with Crippen LogP contribution in [0.3, 0.4) is 0 Å². The Morgan fingerprint density at radius 1 is 1.33 bits per heavy atom. The van der Waals surface area contributed by atoms with Crippen LogP contribution in [0.25, 0.3) is 0 Å². The highest BCUT2D eigenvalue weighted by Crippen LogP contribution is 2.31. The van der Waals surface area contributed by atoms with Crippen molar-refractivity contribution in [2.24, 2.45) is 0 Å². The normalized spacial score (nSPS) is 22.7. The van der Waals surface area contributed by atoms with Crippen LogP contribution in [0.4, 0.5) is 0 Å². The quantitative estimate of drug-likeness (QED) is 0.872. The molecule has 0 aromatic carbocycles. The van der Waals surface area contributed by atoms with Crippen molar-refractivity contribution in [1.29, 1.82) is 0 Å². The highest BCUT2D eigenvalue weighted by Gasteiger charge is 2.27. The van der Waals surface area contributed by atoms with Gasteiger partial charge in [-0.15, -0.1) is 0 Å². The lowest BCUT2D eigenvalue weighted by Crippen LogP contribution is -2.51. The fraction of sp³-hybridized carbons (Fsp3) is 0.643. The summed E-state index contributed by atoms with van der Waals surface area (Å²) < 4.78 is 6.08. The second kappa shape index (κ2) is 5.24. The number of nitrogens with zero attached hydrogens (tertiary/aromatic N) is 2. The number of ether oxygens (including phenoxy) is 1. The molecule has 1 aromatic heterocycles.